The van der Waals surface area contributed by atoms with Crippen LogP contribution in [0.5, 0.6) is 0 Å². The molecule has 5 rings (SSSR count). The number of quaternary nitrogens is 1. The molecule has 4 aromatic rings. The molecule has 1 atom stereocenters. The van der Waals surface area contributed by atoms with Gasteiger partial charge < -0.3 is 17.0 Å². The van der Waals surface area contributed by atoms with Gasteiger partial charge >= 0.3 is 0 Å². The third-order valence-electron chi connectivity index (χ3n) is 6.90. The molecule has 4 aromatic carbocycles. The molecule has 0 spiro atoms. The zero-order valence-electron chi connectivity index (χ0n) is 20.6. The number of unbranched alkanes of at least 4 members (excludes halogenated alkanes) is 5. The van der Waals surface area contributed by atoms with Crippen molar-refractivity contribution >= 4 is 27.2 Å². The molecule has 0 aromatic heterocycles. The Morgan fingerprint density at radius 3 is 2.11 bits per heavy atom. The Kier molecular flexibility index (Phi) is 8.97. The van der Waals surface area contributed by atoms with Crippen LogP contribution < -0.4 is 27.5 Å². The molecular formula is C31H36BrN3. The number of allylic oxidation sites excluding steroid dienone is 1. The van der Waals surface area contributed by atoms with Crippen LogP contribution in [0.4, 0.5) is 5.69 Å². The van der Waals surface area contributed by atoms with Crippen molar-refractivity contribution < 1.29 is 22.0 Å². The van der Waals surface area contributed by atoms with E-state index in [9.17, 15) is 0 Å². The lowest BCUT2D eigenvalue weighted by molar-refractivity contribution is -0.835. The second kappa shape index (κ2) is 12.3. The Labute approximate surface area is 220 Å². The SMILES string of the molecule is CCCCCCCCC1=C[NH+](c2ccc3cc4ccccc4cc3c2)NN1Cc1ccccc1.[Br-]. The van der Waals surface area contributed by atoms with Crippen molar-refractivity contribution in [3.63, 3.8) is 0 Å². The number of hydrogen-bond donors (Lipinski definition) is 2. The van der Waals surface area contributed by atoms with E-state index in [4.69, 9.17) is 0 Å². The van der Waals surface area contributed by atoms with Gasteiger partial charge in [-0.1, -0.05) is 99.2 Å². The van der Waals surface area contributed by atoms with Crippen LogP contribution >= 0.6 is 0 Å². The lowest BCUT2D eigenvalue weighted by Crippen LogP contribution is -3.09. The van der Waals surface area contributed by atoms with Crippen molar-refractivity contribution in [3.05, 3.63) is 102 Å². The molecule has 1 aliphatic heterocycles. The van der Waals surface area contributed by atoms with Gasteiger partial charge in [-0.15, -0.1) is 0 Å². The van der Waals surface area contributed by atoms with Crippen molar-refractivity contribution in [2.75, 3.05) is 0 Å². The first-order valence-electron chi connectivity index (χ1n) is 12.9. The monoisotopic (exact) mass is 529 g/mol. The van der Waals surface area contributed by atoms with Gasteiger partial charge in [0.1, 0.15) is 6.20 Å². The maximum Gasteiger partial charge on any atom is 0.157 e. The first-order chi connectivity index (χ1) is 16.8. The molecule has 2 N–H and O–H groups in total. The fourth-order valence-electron chi connectivity index (χ4n) is 4.95. The lowest BCUT2D eigenvalue weighted by atomic mass is 10.0. The Morgan fingerprint density at radius 1 is 0.686 bits per heavy atom. The van der Waals surface area contributed by atoms with Crippen molar-refractivity contribution in [3.8, 4) is 0 Å². The average molecular weight is 531 g/mol. The summed E-state index contributed by atoms with van der Waals surface area (Å²) in [6.07, 6.45) is 11.4. The van der Waals surface area contributed by atoms with Gasteiger partial charge in [0.2, 0.25) is 0 Å². The van der Waals surface area contributed by atoms with Gasteiger partial charge in [0.15, 0.2) is 5.69 Å². The number of rotatable bonds is 10. The molecule has 1 aliphatic rings. The summed E-state index contributed by atoms with van der Waals surface area (Å²) in [5.41, 5.74) is 7.70. The summed E-state index contributed by atoms with van der Waals surface area (Å²) in [5, 5.41) is 8.72. The van der Waals surface area contributed by atoms with E-state index in [2.05, 4.69) is 109 Å². The molecular weight excluding hydrogens is 494 g/mol. The summed E-state index contributed by atoms with van der Waals surface area (Å²) >= 11 is 0. The highest BCUT2D eigenvalue weighted by molar-refractivity contribution is 5.98. The molecule has 0 amide bonds. The van der Waals surface area contributed by atoms with Crippen molar-refractivity contribution in [1.29, 1.82) is 0 Å². The van der Waals surface area contributed by atoms with E-state index in [0.717, 1.165) is 13.0 Å². The normalized spacial score (nSPS) is 15.4. The standard InChI is InChI=1S/C31H35N3.BrH/c1-2-3-4-5-6-10-17-31-24-34(32-33(31)23-25-13-8-7-9-14-25)30-19-18-28-20-26-15-11-12-16-27(26)21-29(28)22-30;/h7-9,11-16,18-22,24,32H,2-6,10,17,23H2,1H3;1H. The fraction of sp³-hybridized carbons (Fsp3) is 0.290. The van der Waals surface area contributed by atoms with E-state index < -0.39 is 0 Å². The molecule has 182 valence electrons. The van der Waals surface area contributed by atoms with Gasteiger partial charge in [0, 0.05) is 12.1 Å². The van der Waals surface area contributed by atoms with E-state index in [-0.39, 0.29) is 17.0 Å². The summed E-state index contributed by atoms with van der Waals surface area (Å²) in [7, 11) is 0. The first kappa shape index (κ1) is 25.4. The van der Waals surface area contributed by atoms with Crippen LogP contribution in [0.25, 0.3) is 21.5 Å². The van der Waals surface area contributed by atoms with Gasteiger partial charge in [-0.05, 0) is 58.1 Å². The van der Waals surface area contributed by atoms with E-state index in [1.165, 1.54) is 82.0 Å². The minimum atomic E-state index is 0. The van der Waals surface area contributed by atoms with Gasteiger partial charge in [0.05, 0.1) is 12.2 Å². The fourth-order valence-corrected chi connectivity index (χ4v) is 4.95. The van der Waals surface area contributed by atoms with Crippen LogP contribution in [0, 0.1) is 0 Å². The summed E-state index contributed by atoms with van der Waals surface area (Å²) in [4.78, 5) is 0. The molecule has 1 heterocycles. The smallest absolute Gasteiger partial charge is 0.157 e. The molecule has 3 nitrogen and oxygen atoms in total. The number of hydrogen-bond acceptors (Lipinski definition) is 2. The van der Waals surface area contributed by atoms with E-state index in [1.54, 1.807) is 0 Å². The number of halogens is 1. The first-order valence-corrected chi connectivity index (χ1v) is 12.9. The maximum absolute atomic E-state index is 3.73. The molecule has 0 radical (unpaired) electrons. The predicted molar refractivity (Wildman–Crippen MR) is 143 cm³/mol. The van der Waals surface area contributed by atoms with E-state index >= 15 is 0 Å². The largest absolute Gasteiger partial charge is 1.00 e. The van der Waals surface area contributed by atoms with Gasteiger partial charge in [-0.2, -0.15) is 5.01 Å². The summed E-state index contributed by atoms with van der Waals surface area (Å²) in [5.74, 6) is 0. The molecule has 0 saturated heterocycles. The zero-order valence-corrected chi connectivity index (χ0v) is 22.2. The molecule has 0 bridgehead atoms. The molecule has 0 fully saturated rings. The van der Waals surface area contributed by atoms with Crippen molar-refractivity contribution in [2.45, 2.75) is 58.4 Å². The van der Waals surface area contributed by atoms with Gasteiger partial charge in [-0.25, -0.2) is 0 Å². The van der Waals surface area contributed by atoms with E-state index in [0.29, 0.717) is 0 Å². The minimum Gasteiger partial charge on any atom is -1.00 e. The van der Waals surface area contributed by atoms with Gasteiger partial charge in [0.25, 0.3) is 0 Å². The highest BCUT2D eigenvalue weighted by Crippen LogP contribution is 2.25. The zero-order chi connectivity index (χ0) is 23.2. The van der Waals surface area contributed by atoms with Crippen LogP contribution in [0.1, 0.15) is 57.4 Å². The Hall–Kier alpha value is -2.66. The molecule has 0 aliphatic carbocycles. The molecule has 4 heteroatoms. The number of benzene rings is 4. The Bertz CT molecular complexity index is 1270. The number of nitrogens with one attached hydrogen (secondary N) is 2. The lowest BCUT2D eigenvalue weighted by Gasteiger charge is -2.21. The Morgan fingerprint density at radius 2 is 1.34 bits per heavy atom. The predicted octanol–water partition coefficient (Wildman–Crippen LogP) is 4.04. The third kappa shape index (κ3) is 6.32. The minimum absolute atomic E-state index is 0. The third-order valence-corrected chi connectivity index (χ3v) is 6.90. The second-order valence-electron chi connectivity index (χ2n) is 9.51. The van der Waals surface area contributed by atoms with Crippen LogP contribution in [-0.4, -0.2) is 5.01 Å². The van der Waals surface area contributed by atoms with Crippen LogP contribution in [0.3, 0.4) is 0 Å². The van der Waals surface area contributed by atoms with Crippen LogP contribution in [0.15, 0.2) is 96.8 Å². The number of fused-ring (bicyclic) bond motifs is 2. The topological polar surface area (TPSA) is 19.7 Å². The number of nitrogens with zero attached hydrogens (tertiary/aromatic N) is 1. The quantitative estimate of drug-likeness (QED) is 0.239. The highest BCUT2D eigenvalue weighted by atomic mass is 79.9. The molecule has 1 unspecified atom stereocenters. The highest BCUT2D eigenvalue weighted by Gasteiger charge is 2.26. The van der Waals surface area contributed by atoms with E-state index in [1.807, 2.05) is 0 Å². The summed E-state index contributed by atoms with van der Waals surface area (Å²) in [6, 6.07) is 30.8. The molecule has 0 saturated carbocycles. The summed E-state index contributed by atoms with van der Waals surface area (Å²) in [6.45, 7) is 3.16. The molecule has 35 heavy (non-hydrogen) atoms. The van der Waals surface area contributed by atoms with Crippen molar-refractivity contribution in [1.82, 2.24) is 10.5 Å². The second-order valence-corrected chi connectivity index (χ2v) is 9.51. The van der Waals surface area contributed by atoms with Crippen LogP contribution in [-0.2, 0) is 6.54 Å². The van der Waals surface area contributed by atoms with Crippen LogP contribution in [0.2, 0.25) is 0 Å². The number of hydrazine groups is 1. The van der Waals surface area contributed by atoms with Crippen molar-refractivity contribution in [2.24, 2.45) is 0 Å². The summed E-state index contributed by atoms with van der Waals surface area (Å²) < 4.78 is 0. The maximum atomic E-state index is 3.73. The Balaban J connectivity index is 0.00000289. The van der Waals surface area contributed by atoms with Gasteiger partial charge in [-0.3, -0.25) is 5.01 Å². The average Bonchev–Trinajstić information content (AvgIpc) is 3.27.